The Morgan fingerprint density at radius 1 is 0.830 bits per heavy atom. The molecule has 4 heterocycles. The van der Waals surface area contributed by atoms with Crippen molar-refractivity contribution in [2.24, 2.45) is 11.3 Å². The molecule has 6 heteroatoms. The van der Waals surface area contributed by atoms with Gasteiger partial charge in [-0.1, -0.05) is 100 Å². The van der Waals surface area contributed by atoms with Crippen LogP contribution in [0.25, 0.3) is 44.6 Å². The van der Waals surface area contributed by atoms with Crippen LogP contribution < -0.4 is 5.19 Å². The molecule has 2 aromatic carbocycles. The molecule has 6 aromatic rings. The van der Waals surface area contributed by atoms with Crippen molar-refractivity contribution in [2.45, 2.75) is 78.9 Å². The third kappa shape index (κ3) is 8.54. The molecule has 1 radical (unpaired) electrons. The number of furan rings is 1. The van der Waals surface area contributed by atoms with E-state index in [2.05, 4.69) is 99.0 Å². The molecule has 4 aromatic heterocycles. The van der Waals surface area contributed by atoms with Gasteiger partial charge in [0.05, 0.1) is 13.7 Å². The fraction of sp³-hybridized carbons (Fsp3) is 0.341. The summed E-state index contributed by atoms with van der Waals surface area (Å²) in [6.07, 6.45) is 13.6. The number of rotatable bonds is 6. The molecule has 245 valence electrons. The summed E-state index contributed by atoms with van der Waals surface area (Å²) in [6.45, 7) is 14.0. The number of hydrogen-bond acceptors (Lipinski definition) is 4. The van der Waals surface area contributed by atoms with Gasteiger partial charge < -0.3 is 14.4 Å². The van der Waals surface area contributed by atoms with Crippen molar-refractivity contribution >= 4 is 35.3 Å². The first-order chi connectivity index (χ1) is 22.0. The van der Waals surface area contributed by atoms with Gasteiger partial charge in [0.2, 0.25) is 5.71 Å². The zero-order valence-electron chi connectivity index (χ0n) is 28.5. The van der Waals surface area contributed by atoms with Gasteiger partial charge in [-0.2, -0.15) is 0 Å². The normalized spacial score (nSPS) is 13.7. The number of hydrogen-bond donors (Lipinski definition) is 0. The van der Waals surface area contributed by atoms with Crippen LogP contribution in [0.1, 0.15) is 57.6 Å². The number of pyridine rings is 3. The minimum absolute atomic E-state index is 0. The molecular weight excluding hydrogens is 771 g/mol. The van der Waals surface area contributed by atoms with Crippen molar-refractivity contribution < 1.29 is 24.5 Å². The van der Waals surface area contributed by atoms with Crippen LogP contribution in [0.5, 0.6) is 0 Å². The minimum Gasteiger partial charge on any atom is -0.486 e. The topological polar surface area (TPSA) is 51.8 Å². The Morgan fingerprint density at radius 2 is 1.64 bits per heavy atom. The second-order valence-corrected chi connectivity index (χ2v) is 20.0. The third-order valence-electron chi connectivity index (χ3n) is 8.79. The third-order valence-corrected chi connectivity index (χ3v) is 10.9. The van der Waals surface area contributed by atoms with Crippen LogP contribution in [-0.2, 0) is 32.9 Å². The molecule has 0 spiro atoms. The summed E-state index contributed by atoms with van der Waals surface area (Å²) in [5.41, 5.74) is 8.47. The largest absolute Gasteiger partial charge is 0.486 e. The van der Waals surface area contributed by atoms with Gasteiger partial charge in [0, 0.05) is 44.1 Å². The fourth-order valence-corrected chi connectivity index (χ4v) is 8.26. The summed E-state index contributed by atoms with van der Waals surface area (Å²) in [5.74, 6) is 0.880. The van der Waals surface area contributed by atoms with Gasteiger partial charge in [-0.05, 0) is 58.9 Å². The number of benzene rings is 2. The second kappa shape index (κ2) is 14.8. The smallest absolute Gasteiger partial charge is 0.216 e. The Hall–Kier alpha value is -3.44. The van der Waals surface area contributed by atoms with Crippen LogP contribution in [0, 0.1) is 23.5 Å². The van der Waals surface area contributed by atoms with E-state index in [1.54, 1.807) is 16.9 Å². The summed E-state index contributed by atoms with van der Waals surface area (Å²) < 4.78 is 6.00. The zero-order chi connectivity index (χ0) is 32.3. The average Bonchev–Trinajstić information content (AvgIpc) is 3.68. The Morgan fingerprint density at radius 3 is 2.36 bits per heavy atom. The van der Waals surface area contributed by atoms with Gasteiger partial charge in [0.1, 0.15) is 0 Å². The number of aromatic nitrogens is 3. The van der Waals surface area contributed by atoms with Crippen molar-refractivity contribution in [2.75, 3.05) is 0 Å². The average molecular weight is 816 g/mol. The first-order valence-corrected chi connectivity index (χ1v) is 20.1. The molecule has 0 aliphatic heterocycles. The van der Waals surface area contributed by atoms with Crippen LogP contribution in [0.2, 0.25) is 19.6 Å². The van der Waals surface area contributed by atoms with Crippen LogP contribution in [-0.4, -0.2) is 23.0 Å². The first kappa shape index (κ1) is 34.9. The molecule has 7 rings (SSSR count). The molecule has 0 atom stereocenters. The van der Waals surface area contributed by atoms with E-state index in [1.165, 1.54) is 37.7 Å². The van der Waals surface area contributed by atoms with Crippen LogP contribution in [0.3, 0.4) is 0 Å². The van der Waals surface area contributed by atoms with E-state index in [0.29, 0.717) is 5.71 Å². The number of nitrogens with zero attached hydrogens (tertiary/aromatic N) is 3. The van der Waals surface area contributed by atoms with E-state index in [-0.39, 0.29) is 25.5 Å². The molecule has 0 bridgehead atoms. The molecular formula is C41H45IrN3OSi-2. The summed E-state index contributed by atoms with van der Waals surface area (Å²) in [7, 11) is -1.35. The van der Waals surface area contributed by atoms with Gasteiger partial charge in [-0.25, -0.2) is 4.98 Å². The van der Waals surface area contributed by atoms with E-state index in [9.17, 15) is 0 Å². The predicted octanol–water partition coefficient (Wildman–Crippen LogP) is 10.3. The predicted molar refractivity (Wildman–Crippen MR) is 194 cm³/mol. The molecule has 0 saturated heterocycles. The summed E-state index contributed by atoms with van der Waals surface area (Å²) in [4.78, 5) is 13.6. The van der Waals surface area contributed by atoms with Gasteiger partial charge >= 0.3 is 0 Å². The SMILES string of the molecule is CC(C)(C)Cc1ccnc(-c2[c-]ccc3c2oc2ncccc23)c1.C[Si](C)(C)c1cnc(-c2[c-]cccc2)cc1CC1CCCC1.[Ir]. The van der Waals surface area contributed by atoms with Crippen molar-refractivity contribution in [3.63, 3.8) is 0 Å². The second-order valence-electron chi connectivity index (χ2n) is 14.9. The van der Waals surface area contributed by atoms with E-state index < -0.39 is 8.07 Å². The van der Waals surface area contributed by atoms with Crippen molar-refractivity contribution in [1.29, 1.82) is 0 Å². The fourth-order valence-electron chi connectivity index (χ4n) is 6.67. The molecule has 0 unspecified atom stereocenters. The maximum absolute atomic E-state index is 6.00. The quantitative estimate of drug-likeness (QED) is 0.124. The van der Waals surface area contributed by atoms with Crippen molar-refractivity contribution in [3.05, 3.63) is 109 Å². The summed E-state index contributed by atoms with van der Waals surface area (Å²) in [5, 5.41) is 3.61. The van der Waals surface area contributed by atoms with E-state index >= 15 is 0 Å². The first-order valence-electron chi connectivity index (χ1n) is 16.6. The Balaban J connectivity index is 0.000000181. The zero-order valence-corrected chi connectivity index (χ0v) is 31.9. The van der Waals surface area contributed by atoms with Gasteiger partial charge in [0.15, 0.2) is 0 Å². The monoisotopic (exact) mass is 816 g/mol. The van der Waals surface area contributed by atoms with Gasteiger partial charge in [-0.15, -0.1) is 54.1 Å². The van der Waals surface area contributed by atoms with Crippen LogP contribution in [0.15, 0.2) is 89.7 Å². The maximum Gasteiger partial charge on any atom is 0.216 e. The standard InChI is InChI=1S/C21H19N2O.C20H26NSi.Ir/c1-21(2,3)13-14-9-11-22-18(12-14)17-7-4-6-15-16-8-5-10-23-20(16)24-19(15)17;1-22(2,3)20-15-21-19(17-11-5-4-6-12-17)14-18(20)13-16-9-7-8-10-16;/h4-6,8-12H,13H2,1-3H3;4-6,11,14-16H,7-10,13H2,1-3H3;/q2*-1;. The van der Waals surface area contributed by atoms with Crippen molar-refractivity contribution in [3.8, 4) is 22.5 Å². The molecule has 1 fully saturated rings. The molecule has 1 aliphatic rings. The molecule has 4 nitrogen and oxygen atoms in total. The molecule has 0 N–H and O–H groups in total. The van der Waals surface area contributed by atoms with E-state index in [1.807, 2.05) is 42.6 Å². The maximum atomic E-state index is 6.00. The molecule has 0 amide bonds. The number of fused-ring (bicyclic) bond motifs is 3. The van der Waals surface area contributed by atoms with Gasteiger partial charge in [0.25, 0.3) is 0 Å². The van der Waals surface area contributed by atoms with Crippen LogP contribution >= 0.6 is 0 Å². The Bertz CT molecular complexity index is 1930. The minimum atomic E-state index is -1.35. The van der Waals surface area contributed by atoms with E-state index in [0.717, 1.165) is 51.2 Å². The van der Waals surface area contributed by atoms with Crippen LogP contribution in [0.4, 0.5) is 0 Å². The molecule has 1 aliphatic carbocycles. The van der Waals surface area contributed by atoms with Crippen molar-refractivity contribution in [1.82, 2.24) is 15.0 Å². The Labute approximate surface area is 294 Å². The summed E-state index contributed by atoms with van der Waals surface area (Å²) >= 11 is 0. The van der Waals surface area contributed by atoms with Gasteiger partial charge in [-0.3, -0.25) is 0 Å². The summed E-state index contributed by atoms with van der Waals surface area (Å²) in [6, 6.07) is 29.2. The molecule has 1 saturated carbocycles. The van der Waals surface area contributed by atoms with E-state index in [4.69, 9.17) is 9.40 Å². The Kier molecular flexibility index (Phi) is 11.0. The molecule has 47 heavy (non-hydrogen) atoms.